The highest BCUT2D eigenvalue weighted by Crippen LogP contribution is 2.37. The average molecular weight is 242 g/mol. The molecule has 1 saturated heterocycles. The number of aromatic nitrogens is 2. The van der Waals surface area contributed by atoms with Crippen molar-refractivity contribution in [1.82, 2.24) is 10.2 Å². The molecule has 1 unspecified atom stereocenters. The van der Waals surface area contributed by atoms with E-state index in [-0.39, 0.29) is 0 Å². The molecule has 2 heterocycles. The van der Waals surface area contributed by atoms with E-state index in [2.05, 4.69) is 22.4 Å². The number of nitrogens with zero attached hydrogens (tertiary/aromatic N) is 2. The molecule has 0 radical (unpaired) electrons. The van der Waals surface area contributed by atoms with Gasteiger partial charge in [0, 0.05) is 24.3 Å². The van der Waals surface area contributed by atoms with Crippen LogP contribution < -0.4 is 11.1 Å². The van der Waals surface area contributed by atoms with E-state index in [4.69, 9.17) is 10.2 Å². The van der Waals surface area contributed by atoms with Crippen LogP contribution in [-0.2, 0) is 6.42 Å². The first kappa shape index (κ1) is 11.7. The Balaban J connectivity index is 1.84. The molecule has 0 aliphatic carbocycles. The van der Waals surface area contributed by atoms with Crippen molar-refractivity contribution < 1.29 is 4.42 Å². The summed E-state index contributed by atoms with van der Waals surface area (Å²) in [6.45, 7) is 3.69. The van der Waals surface area contributed by atoms with Crippen LogP contribution in [-0.4, -0.2) is 33.8 Å². The number of hydrogen-bond acceptors (Lipinski definition) is 6. The minimum Gasteiger partial charge on any atom is -0.408 e. The summed E-state index contributed by atoms with van der Waals surface area (Å²) in [5.41, 5.74) is 5.41. The maximum atomic E-state index is 5.41. The van der Waals surface area contributed by atoms with Gasteiger partial charge in [-0.3, -0.25) is 0 Å². The molecule has 1 aromatic rings. The summed E-state index contributed by atoms with van der Waals surface area (Å²) in [5.74, 6) is 1.86. The van der Waals surface area contributed by atoms with Gasteiger partial charge in [-0.25, -0.2) is 0 Å². The third-order valence-corrected chi connectivity index (χ3v) is 4.28. The second-order valence-corrected chi connectivity index (χ2v) is 5.98. The van der Waals surface area contributed by atoms with Crippen LogP contribution in [0.5, 0.6) is 0 Å². The normalized spacial score (nSPS) is 24.9. The smallest absolute Gasteiger partial charge is 0.315 e. The first-order valence-corrected chi connectivity index (χ1v) is 6.61. The molecule has 0 saturated carbocycles. The summed E-state index contributed by atoms with van der Waals surface area (Å²) in [7, 11) is 0. The Bertz CT molecular complexity index is 335. The van der Waals surface area contributed by atoms with E-state index >= 15 is 0 Å². The molecule has 0 amide bonds. The maximum absolute atomic E-state index is 5.41. The minimum absolute atomic E-state index is 0.308. The summed E-state index contributed by atoms with van der Waals surface area (Å²) in [5, 5.41) is 11.0. The van der Waals surface area contributed by atoms with Gasteiger partial charge in [0.15, 0.2) is 0 Å². The highest BCUT2D eigenvalue weighted by molar-refractivity contribution is 8.00. The van der Waals surface area contributed by atoms with Gasteiger partial charge >= 0.3 is 6.01 Å². The molecule has 1 fully saturated rings. The van der Waals surface area contributed by atoms with Crippen molar-refractivity contribution >= 4 is 17.8 Å². The van der Waals surface area contributed by atoms with Crippen molar-refractivity contribution in [3.63, 3.8) is 0 Å². The monoisotopic (exact) mass is 242 g/mol. The first-order valence-electron chi connectivity index (χ1n) is 5.62. The SMILES string of the molecule is CC1(CNc2nnc(CCN)o2)CCCS1. The van der Waals surface area contributed by atoms with E-state index in [1.54, 1.807) is 0 Å². The zero-order valence-electron chi connectivity index (χ0n) is 9.53. The molecule has 1 aliphatic rings. The Hall–Kier alpha value is -0.750. The molecule has 0 aromatic carbocycles. The van der Waals surface area contributed by atoms with E-state index in [0.29, 0.717) is 29.6 Å². The van der Waals surface area contributed by atoms with Crippen LogP contribution in [0.1, 0.15) is 25.7 Å². The lowest BCUT2D eigenvalue weighted by Crippen LogP contribution is -2.27. The van der Waals surface area contributed by atoms with Gasteiger partial charge in [0.2, 0.25) is 5.89 Å². The predicted molar refractivity (Wildman–Crippen MR) is 65.6 cm³/mol. The van der Waals surface area contributed by atoms with Gasteiger partial charge in [0.25, 0.3) is 0 Å². The Kier molecular flexibility index (Phi) is 3.70. The highest BCUT2D eigenvalue weighted by Gasteiger charge is 2.29. The quantitative estimate of drug-likeness (QED) is 0.809. The number of hydrogen-bond donors (Lipinski definition) is 2. The number of anilines is 1. The summed E-state index contributed by atoms with van der Waals surface area (Å²) < 4.78 is 5.71. The topological polar surface area (TPSA) is 77.0 Å². The van der Waals surface area contributed by atoms with Gasteiger partial charge in [-0.15, -0.1) is 5.10 Å². The van der Waals surface area contributed by atoms with Gasteiger partial charge < -0.3 is 15.5 Å². The van der Waals surface area contributed by atoms with Gasteiger partial charge in [0.1, 0.15) is 0 Å². The molecule has 5 nitrogen and oxygen atoms in total. The lowest BCUT2D eigenvalue weighted by Gasteiger charge is -2.21. The fourth-order valence-electron chi connectivity index (χ4n) is 1.79. The molecule has 6 heteroatoms. The molecular weight excluding hydrogens is 224 g/mol. The van der Waals surface area contributed by atoms with Crippen LogP contribution in [0.25, 0.3) is 0 Å². The molecule has 1 atom stereocenters. The first-order chi connectivity index (χ1) is 7.72. The molecule has 0 bridgehead atoms. The second kappa shape index (κ2) is 5.05. The van der Waals surface area contributed by atoms with E-state index in [0.717, 1.165) is 6.54 Å². The van der Waals surface area contributed by atoms with Crippen molar-refractivity contribution in [2.75, 3.05) is 24.2 Å². The van der Waals surface area contributed by atoms with E-state index in [1.165, 1.54) is 18.6 Å². The van der Waals surface area contributed by atoms with Crippen molar-refractivity contribution in [3.05, 3.63) is 5.89 Å². The lowest BCUT2D eigenvalue weighted by molar-refractivity contribution is 0.501. The van der Waals surface area contributed by atoms with E-state index in [1.807, 2.05) is 11.8 Å². The van der Waals surface area contributed by atoms with E-state index < -0.39 is 0 Å². The molecule has 90 valence electrons. The zero-order valence-corrected chi connectivity index (χ0v) is 10.3. The fraction of sp³-hybridized carbons (Fsp3) is 0.800. The molecule has 0 spiro atoms. The van der Waals surface area contributed by atoms with Crippen molar-refractivity contribution in [3.8, 4) is 0 Å². The lowest BCUT2D eigenvalue weighted by atomic mass is 10.1. The summed E-state index contributed by atoms with van der Waals surface area (Å²) in [6.07, 6.45) is 3.18. The van der Waals surface area contributed by atoms with Gasteiger partial charge in [-0.1, -0.05) is 5.10 Å². The fourth-order valence-corrected chi connectivity index (χ4v) is 3.03. The van der Waals surface area contributed by atoms with Crippen LogP contribution in [0.2, 0.25) is 0 Å². The number of nitrogens with two attached hydrogens (primary N) is 1. The zero-order chi connectivity index (χ0) is 11.4. The third kappa shape index (κ3) is 2.89. The standard InChI is InChI=1S/C10H18N4OS/c1-10(4-2-6-16-10)7-12-9-14-13-8(15-9)3-5-11/h2-7,11H2,1H3,(H,12,14). The van der Waals surface area contributed by atoms with Crippen molar-refractivity contribution in [1.29, 1.82) is 0 Å². The average Bonchev–Trinajstić information content (AvgIpc) is 2.86. The Morgan fingerprint density at radius 1 is 1.56 bits per heavy atom. The molecule has 1 aromatic heterocycles. The molecule has 16 heavy (non-hydrogen) atoms. The number of rotatable bonds is 5. The van der Waals surface area contributed by atoms with Crippen LogP contribution in [0.3, 0.4) is 0 Å². The molecular formula is C10H18N4OS. The molecule has 3 N–H and O–H groups in total. The maximum Gasteiger partial charge on any atom is 0.315 e. The molecule has 1 aliphatic heterocycles. The minimum atomic E-state index is 0.308. The van der Waals surface area contributed by atoms with Crippen LogP contribution in [0.15, 0.2) is 4.42 Å². The van der Waals surface area contributed by atoms with Crippen LogP contribution >= 0.6 is 11.8 Å². The summed E-state index contributed by atoms with van der Waals surface area (Å²) in [6, 6.07) is 0.511. The summed E-state index contributed by atoms with van der Waals surface area (Å²) in [4.78, 5) is 0. The second-order valence-electron chi connectivity index (χ2n) is 4.30. The van der Waals surface area contributed by atoms with Gasteiger partial charge in [0.05, 0.1) is 0 Å². The molecule has 2 rings (SSSR count). The Labute approximate surface area is 99.6 Å². The Morgan fingerprint density at radius 2 is 2.44 bits per heavy atom. The highest BCUT2D eigenvalue weighted by atomic mass is 32.2. The Morgan fingerprint density at radius 3 is 3.12 bits per heavy atom. The van der Waals surface area contributed by atoms with Gasteiger partial charge in [-0.05, 0) is 25.5 Å². The van der Waals surface area contributed by atoms with Crippen LogP contribution in [0.4, 0.5) is 6.01 Å². The summed E-state index contributed by atoms with van der Waals surface area (Å²) >= 11 is 2.01. The number of thioether (sulfide) groups is 1. The number of nitrogens with one attached hydrogen (secondary N) is 1. The predicted octanol–water partition coefficient (Wildman–Crippen LogP) is 1.27. The van der Waals surface area contributed by atoms with Gasteiger partial charge in [-0.2, -0.15) is 11.8 Å². The van der Waals surface area contributed by atoms with Crippen LogP contribution in [0, 0.1) is 0 Å². The largest absolute Gasteiger partial charge is 0.408 e. The van der Waals surface area contributed by atoms with Crippen molar-refractivity contribution in [2.45, 2.75) is 30.9 Å². The third-order valence-electron chi connectivity index (χ3n) is 2.74. The van der Waals surface area contributed by atoms with E-state index in [9.17, 15) is 0 Å². The van der Waals surface area contributed by atoms with Crippen molar-refractivity contribution in [2.24, 2.45) is 5.73 Å².